The first-order chi connectivity index (χ1) is 14.4. The van der Waals surface area contributed by atoms with Crippen LogP contribution >= 0.6 is 38.9 Å². The number of esters is 1. The Morgan fingerprint density at radius 3 is 2.70 bits per heavy atom. The van der Waals surface area contributed by atoms with Crippen LogP contribution in [0.1, 0.15) is 31.2 Å². The maximum absolute atomic E-state index is 13.3. The van der Waals surface area contributed by atoms with Crippen LogP contribution in [-0.2, 0) is 9.53 Å². The summed E-state index contributed by atoms with van der Waals surface area (Å²) < 4.78 is 13.3. The van der Waals surface area contributed by atoms with Gasteiger partial charge in [0.2, 0.25) is 0 Å². The molecule has 6 nitrogen and oxygen atoms in total. The highest BCUT2D eigenvalue weighted by Gasteiger charge is 2.33. The molecule has 1 aliphatic rings. The van der Waals surface area contributed by atoms with Gasteiger partial charge >= 0.3 is 5.97 Å². The number of thiazole rings is 1. The van der Waals surface area contributed by atoms with Crippen LogP contribution in [0, 0.1) is 0 Å². The standard InChI is InChI=1S/C21H16BrClN2O4S/c1-3-28-20(27)17-11(2)24-21-25(18(17)12-4-6-13(23)7-5-12)19(26)15(30-21)10-14-8-9-16(22)29-14/h4-10,18H,3H2,1-2H3. The predicted octanol–water partition coefficient (Wildman–Crippen LogP) is 3.81. The highest BCUT2D eigenvalue weighted by Crippen LogP contribution is 2.31. The van der Waals surface area contributed by atoms with Gasteiger partial charge in [0.1, 0.15) is 5.76 Å². The van der Waals surface area contributed by atoms with E-state index in [-0.39, 0.29) is 12.2 Å². The fraction of sp³-hybridized carbons (Fsp3) is 0.190. The fourth-order valence-electron chi connectivity index (χ4n) is 3.29. The molecule has 0 spiro atoms. The van der Waals surface area contributed by atoms with E-state index in [2.05, 4.69) is 20.9 Å². The number of hydrogen-bond acceptors (Lipinski definition) is 6. The van der Waals surface area contributed by atoms with Crippen molar-refractivity contribution in [3.8, 4) is 0 Å². The van der Waals surface area contributed by atoms with Crippen LogP contribution in [0.25, 0.3) is 6.08 Å². The van der Waals surface area contributed by atoms with Gasteiger partial charge in [0, 0.05) is 11.1 Å². The van der Waals surface area contributed by atoms with Crippen molar-refractivity contribution in [1.29, 1.82) is 0 Å². The van der Waals surface area contributed by atoms with E-state index in [0.717, 1.165) is 5.56 Å². The third-order valence-corrected chi connectivity index (χ3v) is 6.23. The van der Waals surface area contributed by atoms with Gasteiger partial charge in [-0.3, -0.25) is 9.36 Å². The molecule has 1 atom stereocenters. The molecule has 9 heteroatoms. The zero-order valence-electron chi connectivity index (χ0n) is 16.0. The normalized spacial score (nSPS) is 16.4. The van der Waals surface area contributed by atoms with Crippen molar-refractivity contribution in [1.82, 2.24) is 4.57 Å². The number of furan rings is 1. The Morgan fingerprint density at radius 1 is 1.33 bits per heavy atom. The quantitative estimate of drug-likeness (QED) is 0.504. The number of allylic oxidation sites excluding steroid dienone is 1. The van der Waals surface area contributed by atoms with Crippen molar-refractivity contribution in [3.05, 3.63) is 88.4 Å². The molecule has 0 amide bonds. The molecule has 0 saturated heterocycles. The zero-order chi connectivity index (χ0) is 21.4. The molecular weight excluding hydrogens is 492 g/mol. The predicted molar refractivity (Wildman–Crippen MR) is 118 cm³/mol. The van der Waals surface area contributed by atoms with Gasteiger partial charge in [0.25, 0.3) is 5.56 Å². The first-order valence-corrected chi connectivity index (χ1v) is 11.1. The van der Waals surface area contributed by atoms with Gasteiger partial charge < -0.3 is 9.15 Å². The summed E-state index contributed by atoms with van der Waals surface area (Å²) in [5.41, 5.74) is 1.33. The topological polar surface area (TPSA) is 73.8 Å². The second-order valence-electron chi connectivity index (χ2n) is 6.50. The molecule has 0 saturated carbocycles. The molecule has 0 radical (unpaired) electrons. The molecule has 0 aliphatic carbocycles. The third-order valence-electron chi connectivity index (χ3n) is 4.57. The summed E-state index contributed by atoms with van der Waals surface area (Å²) in [4.78, 5) is 31.1. The molecule has 2 aromatic heterocycles. The molecule has 1 aliphatic heterocycles. The Morgan fingerprint density at radius 2 is 2.07 bits per heavy atom. The summed E-state index contributed by atoms with van der Waals surface area (Å²) in [6.45, 7) is 3.71. The van der Waals surface area contributed by atoms with Crippen LogP contribution in [0.3, 0.4) is 0 Å². The molecule has 1 aromatic carbocycles. The van der Waals surface area contributed by atoms with Crippen molar-refractivity contribution in [2.75, 3.05) is 6.61 Å². The molecule has 154 valence electrons. The second kappa shape index (κ2) is 8.37. The van der Waals surface area contributed by atoms with Crippen molar-refractivity contribution >= 4 is 50.9 Å². The monoisotopic (exact) mass is 506 g/mol. The van der Waals surface area contributed by atoms with Crippen LogP contribution in [0.4, 0.5) is 0 Å². The SMILES string of the molecule is CCOC(=O)C1=C(C)N=c2sc(=Cc3ccc(Br)o3)c(=O)n2C1c1ccc(Cl)cc1. The van der Waals surface area contributed by atoms with Gasteiger partial charge in [-0.15, -0.1) is 0 Å². The number of aromatic nitrogens is 1. The van der Waals surface area contributed by atoms with E-state index >= 15 is 0 Å². The molecule has 0 fully saturated rings. The number of ether oxygens (including phenoxy) is 1. The van der Waals surface area contributed by atoms with Crippen LogP contribution < -0.4 is 14.9 Å². The van der Waals surface area contributed by atoms with Crippen molar-refractivity contribution in [3.63, 3.8) is 0 Å². The molecule has 30 heavy (non-hydrogen) atoms. The summed E-state index contributed by atoms with van der Waals surface area (Å²) in [6, 6.07) is 9.90. The number of carbonyl (C=O) groups excluding carboxylic acids is 1. The smallest absolute Gasteiger partial charge is 0.338 e. The zero-order valence-corrected chi connectivity index (χ0v) is 19.2. The lowest BCUT2D eigenvalue weighted by Gasteiger charge is -2.24. The second-order valence-corrected chi connectivity index (χ2v) is 8.72. The van der Waals surface area contributed by atoms with E-state index in [1.807, 2.05) is 0 Å². The van der Waals surface area contributed by atoms with E-state index < -0.39 is 12.0 Å². The maximum atomic E-state index is 13.3. The van der Waals surface area contributed by atoms with Crippen molar-refractivity contribution in [2.24, 2.45) is 4.99 Å². The minimum atomic E-state index is -0.664. The van der Waals surface area contributed by atoms with E-state index in [4.69, 9.17) is 20.8 Å². The highest BCUT2D eigenvalue weighted by molar-refractivity contribution is 9.10. The van der Waals surface area contributed by atoms with E-state index in [1.54, 1.807) is 56.3 Å². The molecule has 0 bridgehead atoms. The molecule has 1 unspecified atom stereocenters. The number of hydrogen-bond donors (Lipinski definition) is 0. The Bertz CT molecular complexity index is 1330. The van der Waals surface area contributed by atoms with Gasteiger partial charge in [-0.25, -0.2) is 9.79 Å². The summed E-state index contributed by atoms with van der Waals surface area (Å²) >= 11 is 10.5. The lowest BCUT2D eigenvalue weighted by Crippen LogP contribution is -2.39. The number of rotatable bonds is 4. The summed E-state index contributed by atoms with van der Waals surface area (Å²) in [6.07, 6.45) is 1.66. The van der Waals surface area contributed by atoms with Crippen LogP contribution in [0.5, 0.6) is 0 Å². The minimum absolute atomic E-state index is 0.223. The average Bonchev–Trinajstić information content (AvgIpc) is 3.24. The molecule has 0 N–H and O–H groups in total. The first-order valence-electron chi connectivity index (χ1n) is 9.09. The Kier molecular flexibility index (Phi) is 5.81. The highest BCUT2D eigenvalue weighted by atomic mass is 79.9. The number of halogens is 2. The summed E-state index contributed by atoms with van der Waals surface area (Å²) in [7, 11) is 0. The number of fused-ring (bicyclic) bond motifs is 1. The minimum Gasteiger partial charge on any atom is -0.463 e. The van der Waals surface area contributed by atoms with Gasteiger partial charge in [-0.05, 0) is 59.6 Å². The lowest BCUT2D eigenvalue weighted by atomic mass is 9.96. The Hall–Kier alpha value is -2.42. The molecule has 3 aromatic rings. The molecule has 3 heterocycles. The van der Waals surface area contributed by atoms with Gasteiger partial charge in [-0.1, -0.05) is 35.1 Å². The lowest BCUT2D eigenvalue weighted by molar-refractivity contribution is -0.139. The first kappa shape index (κ1) is 20.8. The number of benzene rings is 1. The van der Waals surface area contributed by atoms with E-state index in [1.165, 1.54) is 15.9 Å². The van der Waals surface area contributed by atoms with Crippen molar-refractivity contribution in [2.45, 2.75) is 19.9 Å². The summed E-state index contributed by atoms with van der Waals surface area (Å²) in [5, 5.41) is 0.563. The summed E-state index contributed by atoms with van der Waals surface area (Å²) in [5.74, 6) is 0.0412. The van der Waals surface area contributed by atoms with Gasteiger partial charge in [-0.2, -0.15) is 0 Å². The van der Waals surface area contributed by atoms with Crippen molar-refractivity contribution < 1.29 is 13.9 Å². The third kappa shape index (κ3) is 3.82. The maximum Gasteiger partial charge on any atom is 0.338 e. The Labute approximate surface area is 188 Å². The Balaban J connectivity index is 1.96. The van der Waals surface area contributed by atoms with Crippen LogP contribution in [0.15, 0.2) is 66.5 Å². The van der Waals surface area contributed by atoms with Gasteiger partial charge in [0.15, 0.2) is 9.47 Å². The number of nitrogens with zero attached hydrogens (tertiary/aromatic N) is 2. The molecule has 4 rings (SSSR count). The largest absolute Gasteiger partial charge is 0.463 e. The van der Waals surface area contributed by atoms with E-state index in [9.17, 15) is 9.59 Å². The average molecular weight is 508 g/mol. The molecular formula is C21H16BrClN2O4S. The van der Waals surface area contributed by atoms with Crippen LogP contribution in [0.2, 0.25) is 5.02 Å². The van der Waals surface area contributed by atoms with Crippen LogP contribution in [-0.4, -0.2) is 17.1 Å². The van der Waals surface area contributed by atoms with E-state index in [0.29, 0.717) is 36.1 Å². The fourth-order valence-corrected chi connectivity index (χ4v) is 4.76. The van der Waals surface area contributed by atoms with Gasteiger partial charge in [0.05, 0.1) is 28.5 Å². The number of carbonyl (C=O) groups is 1.